The molecule has 5 heterocycles. The van der Waals surface area contributed by atoms with Gasteiger partial charge in [-0.3, -0.25) is 10.1 Å². The molecule has 1 aliphatic heterocycles. The number of aromatic nitrogens is 6. The number of fused-ring (bicyclic) bond motifs is 2. The third-order valence-electron chi connectivity index (χ3n) is 5.57. The molecule has 1 amide bonds. The molecule has 4 aromatic rings. The molecule has 1 atom stereocenters. The Morgan fingerprint density at radius 1 is 1.13 bits per heavy atom. The zero-order valence-corrected chi connectivity index (χ0v) is 17.4. The smallest absolute Gasteiger partial charge is 0.249 e. The van der Waals surface area contributed by atoms with Crippen molar-refractivity contribution < 1.29 is 9.18 Å². The van der Waals surface area contributed by atoms with E-state index in [2.05, 4.69) is 30.8 Å². The quantitative estimate of drug-likeness (QED) is 0.526. The summed E-state index contributed by atoms with van der Waals surface area (Å²) in [6.07, 6.45) is 6.35. The number of nitrogens with one attached hydrogen (secondary N) is 2. The Morgan fingerprint density at radius 2 is 1.97 bits per heavy atom. The monoisotopic (exact) mass is 422 g/mol. The Bertz CT molecular complexity index is 1290. The van der Waals surface area contributed by atoms with Crippen LogP contribution in [0.1, 0.15) is 30.5 Å². The van der Waals surface area contributed by atoms with Crippen molar-refractivity contribution in [3.8, 4) is 11.3 Å². The lowest BCUT2D eigenvalue weighted by Crippen LogP contribution is -2.31. The fourth-order valence-corrected chi connectivity index (χ4v) is 3.98. The molecule has 1 saturated heterocycles. The largest absolute Gasteiger partial charge is 0.316 e. The molecule has 0 saturated carbocycles. The molecule has 0 aliphatic carbocycles. The number of carbonyl (C=O) groups is 1. The predicted molar refractivity (Wildman–Crippen MR) is 113 cm³/mol. The summed E-state index contributed by atoms with van der Waals surface area (Å²) in [6.45, 7) is 5.38. The van der Waals surface area contributed by atoms with Crippen LogP contribution in [0.2, 0.25) is 0 Å². The molecular formula is C21H23FN8O. The zero-order chi connectivity index (χ0) is 21.5. The van der Waals surface area contributed by atoms with Crippen molar-refractivity contribution in [1.29, 1.82) is 0 Å². The Morgan fingerprint density at radius 3 is 2.84 bits per heavy atom. The first kappa shape index (κ1) is 19.6. The van der Waals surface area contributed by atoms with E-state index >= 15 is 0 Å². The van der Waals surface area contributed by atoms with Gasteiger partial charge in [0, 0.05) is 18.3 Å². The Labute approximate surface area is 177 Å². The van der Waals surface area contributed by atoms with Crippen LogP contribution in [-0.2, 0) is 4.79 Å². The van der Waals surface area contributed by atoms with Crippen LogP contribution in [0.15, 0.2) is 24.5 Å². The molecule has 0 bridgehead atoms. The summed E-state index contributed by atoms with van der Waals surface area (Å²) in [7, 11) is 0. The van der Waals surface area contributed by atoms with Gasteiger partial charge in [0.15, 0.2) is 17.1 Å². The van der Waals surface area contributed by atoms with Crippen LogP contribution in [0.25, 0.3) is 22.6 Å². The number of aryl methyl sites for hydroxylation is 2. The number of pyridine rings is 1. The van der Waals surface area contributed by atoms with Crippen molar-refractivity contribution in [1.82, 2.24) is 34.5 Å². The van der Waals surface area contributed by atoms with E-state index in [9.17, 15) is 9.18 Å². The molecule has 31 heavy (non-hydrogen) atoms. The molecular weight excluding hydrogens is 399 g/mol. The molecule has 0 unspecified atom stereocenters. The number of halogens is 1. The number of anilines is 1. The normalized spacial score (nSPS) is 17.2. The minimum absolute atomic E-state index is 0.0503. The second kappa shape index (κ2) is 7.69. The van der Waals surface area contributed by atoms with Crippen LogP contribution in [0, 0.1) is 25.6 Å². The molecule has 4 aromatic heterocycles. The van der Waals surface area contributed by atoms with E-state index in [0.717, 1.165) is 42.7 Å². The maximum atomic E-state index is 14.8. The molecule has 1 fully saturated rings. The van der Waals surface area contributed by atoms with Crippen molar-refractivity contribution in [2.24, 2.45) is 5.92 Å². The SMILES string of the molecule is Cc1cn2nc(-c3cc(F)c4nc(NC(=O)[C@@H]5CCCCNC5)nn4c3)cc(C)c2n1. The van der Waals surface area contributed by atoms with Crippen molar-refractivity contribution in [2.75, 3.05) is 18.4 Å². The summed E-state index contributed by atoms with van der Waals surface area (Å²) in [4.78, 5) is 21.2. The Hall–Kier alpha value is -3.40. The first-order chi connectivity index (χ1) is 15.0. The van der Waals surface area contributed by atoms with Gasteiger partial charge >= 0.3 is 0 Å². The van der Waals surface area contributed by atoms with E-state index in [1.54, 1.807) is 10.7 Å². The van der Waals surface area contributed by atoms with E-state index in [-0.39, 0.29) is 23.4 Å². The van der Waals surface area contributed by atoms with Gasteiger partial charge in [-0.05, 0) is 50.9 Å². The summed E-state index contributed by atoms with van der Waals surface area (Å²) < 4.78 is 17.8. The molecule has 10 heteroatoms. The van der Waals surface area contributed by atoms with Gasteiger partial charge in [0.2, 0.25) is 11.9 Å². The summed E-state index contributed by atoms with van der Waals surface area (Å²) in [5, 5.41) is 14.8. The van der Waals surface area contributed by atoms with Crippen LogP contribution in [0.3, 0.4) is 0 Å². The summed E-state index contributed by atoms with van der Waals surface area (Å²) in [5.41, 5.74) is 3.75. The van der Waals surface area contributed by atoms with Crippen LogP contribution in [0.5, 0.6) is 0 Å². The molecule has 0 spiro atoms. The van der Waals surface area contributed by atoms with Crippen molar-refractivity contribution in [2.45, 2.75) is 33.1 Å². The third-order valence-corrected chi connectivity index (χ3v) is 5.57. The van der Waals surface area contributed by atoms with Gasteiger partial charge in [0.05, 0.1) is 23.5 Å². The highest BCUT2D eigenvalue weighted by Crippen LogP contribution is 2.23. The molecule has 5 rings (SSSR count). The number of hydrogen-bond acceptors (Lipinski definition) is 6. The molecule has 1 aliphatic rings. The van der Waals surface area contributed by atoms with Crippen LogP contribution < -0.4 is 10.6 Å². The van der Waals surface area contributed by atoms with Gasteiger partial charge in [-0.25, -0.2) is 18.4 Å². The third kappa shape index (κ3) is 3.74. The lowest BCUT2D eigenvalue weighted by atomic mass is 10.0. The van der Waals surface area contributed by atoms with Gasteiger partial charge in [0.1, 0.15) is 0 Å². The standard InChI is InChI=1S/C21H23FN8O/c1-12-7-17(27-29-10-13(2)24-18(12)29)15-8-16(22)19-25-21(28-30(19)11-15)26-20(31)14-5-3-4-6-23-9-14/h7-8,10-11,14,23H,3-6,9H2,1-2H3,(H,26,28,31)/t14-/m1/s1. The number of hydrogen-bond donors (Lipinski definition) is 2. The van der Waals surface area contributed by atoms with Crippen molar-refractivity contribution in [3.05, 3.63) is 41.6 Å². The highest BCUT2D eigenvalue weighted by Gasteiger charge is 2.22. The first-order valence-electron chi connectivity index (χ1n) is 10.4. The van der Waals surface area contributed by atoms with Crippen molar-refractivity contribution in [3.63, 3.8) is 0 Å². The van der Waals surface area contributed by atoms with Crippen LogP contribution >= 0.6 is 0 Å². The Balaban J connectivity index is 1.46. The average Bonchev–Trinajstić information content (AvgIpc) is 3.20. The summed E-state index contributed by atoms with van der Waals surface area (Å²) >= 11 is 0. The van der Waals surface area contributed by atoms with Crippen molar-refractivity contribution >= 4 is 23.1 Å². The van der Waals surface area contributed by atoms with E-state index in [1.165, 1.54) is 10.6 Å². The van der Waals surface area contributed by atoms with Gasteiger partial charge < -0.3 is 5.32 Å². The van der Waals surface area contributed by atoms with E-state index in [1.807, 2.05) is 26.1 Å². The molecule has 2 N–H and O–H groups in total. The van der Waals surface area contributed by atoms with Gasteiger partial charge in [0.25, 0.3) is 0 Å². The topological polar surface area (TPSA) is 102 Å². The lowest BCUT2D eigenvalue weighted by molar-refractivity contribution is -0.119. The number of nitrogens with zero attached hydrogens (tertiary/aromatic N) is 6. The predicted octanol–water partition coefficient (Wildman–Crippen LogP) is 2.52. The second-order valence-electron chi connectivity index (χ2n) is 8.03. The molecule has 9 nitrogen and oxygen atoms in total. The van der Waals surface area contributed by atoms with E-state index in [0.29, 0.717) is 17.8 Å². The fraction of sp³-hybridized carbons (Fsp3) is 0.381. The van der Waals surface area contributed by atoms with Gasteiger partial charge in [-0.15, -0.1) is 5.10 Å². The van der Waals surface area contributed by atoms with E-state index < -0.39 is 5.82 Å². The minimum Gasteiger partial charge on any atom is -0.316 e. The van der Waals surface area contributed by atoms with Gasteiger partial charge in [-0.1, -0.05) is 6.42 Å². The maximum absolute atomic E-state index is 14.8. The summed E-state index contributed by atoms with van der Waals surface area (Å²) in [6, 6.07) is 3.24. The highest BCUT2D eigenvalue weighted by atomic mass is 19.1. The lowest BCUT2D eigenvalue weighted by Gasteiger charge is -2.12. The maximum Gasteiger partial charge on any atom is 0.249 e. The van der Waals surface area contributed by atoms with Crippen LogP contribution in [0.4, 0.5) is 10.3 Å². The molecule has 0 radical (unpaired) electrons. The highest BCUT2D eigenvalue weighted by molar-refractivity contribution is 5.91. The van der Waals surface area contributed by atoms with Gasteiger partial charge in [-0.2, -0.15) is 10.1 Å². The van der Waals surface area contributed by atoms with E-state index in [4.69, 9.17) is 0 Å². The van der Waals surface area contributed by atoms with Crippen LogP contribution in [-0.4, -0.2) is 48.2 Å². The molecule has 0 aromatic carbocycles. The first-order valence-corrected chi connectivity index (χ1v) is 10.4. The summed E-state index contributed by atoms with van der Waals surface area (Å²) in [5.74, 6) is -0.741. The minimum atomic E-state index is -0.539. The number of rotatable bonds is 3. The number of amides is 1. The fourth-order valence-electron chi connectivity index (χ4n) is 3.98. The Kier molecular flexibility index (Phi) is 4.85. The molecule has 160 valence electrons. The second-order valence-corrected chi connectivity index (χ2v) is 8.03. The zero-order valence-electron chi connectivity index (χ0n) is 17.4. The number of imidazole rings is 1. The number of carbonyl (C=O) groups excluding carboxylic acids is 1. The average molecular weight is 422 g/mol.